The lowest BCUT2D eigenvalue weighted by Gasteiger charge is -2.42. The lowest BCUT2D eigenvalue weighted by atomic mass is 9.74. The molecule has 0 radical (unpaired) electrons. The first-order valence-electron chi connectivity index (χ1n) is 11.7. The van der Waals surface area contributed by atoms with Crippen molar-refractivity contribution in [2.45, 2.75) is 32.6 Å². The second kappa shape index (κ2) is 10.4. The Morgan fingerprint density at radius 1 is 0.939 bits per heavy atom. The Bertz CT molecular complexity index is 1070. The van der Waals surface area contributed by atoms with Crippen LogP contribution in [0.5, 0.6) is 0 Å². The van der Waals surface area contributed by atoms with Crippen LogP contribution >= 0.6 is 0 Å². The number of nitrogens with one attached hydrogen (secondary N) is 1. The first-order chi connectivity index (χ1) is 16.1. The molecule has 0 bridgehead atoms. The van der Waals surface area contributed by atoms with Crippen molar-refractivity contribution >= 4 is 11.8 Å². The minimum absolute atomic E-state index is 0.0421. The second-order valence-electron chi connectivity index (χ2n) is 8.83. The molecule has 170 valence electrons. The average Bonchev–Trinajstić information content (AvgIpc) is 2.86. The molecule has 0 saturated carbocycles. The standard InChI is InChI=1S/C28H31N3O2/c1-2-30-27(33)28(20-23-9-11-24(12-10-23)25-13-16-29-17-14-25)15-6-18-31(21-28)26(32)19-22-7-4-3-5-8-22/h3-5,7-14,16-17H,2,6,15,18-21H2,1H3,(H,30,33)/t28-/m0/s1. The van der Waals surface area contributed by atoms with Crippen molar-refractivity contribution < 1.29 is 9.59 Å². The molecule has 1 fully saturated rings. The van der Waals surface area contributed by atoms with Gasteiger partial charge in [0.15, 0.2) is 0 Å². The van der Waals surface area contributed by atoms with Crippen molar-refractivity contribution in [3.05, 3.63) is 90.3 Å². The number of rotatable bonds is 7. The molecule has 1 aliphatic heterocycles. The van der Waals surface area contributed by atoms with E-state index < -0.39 is 5.41 Å². The third-order valence-electron chi connectivity index (χ3n) is 6.46. The quantitative estimate of drug-likeness (QED) is 0.595. The largest absolute Gasteiger partial charge is 0.356 e. The summed E-state index contributed by atoms with van der Waals surface area (Å²) >= 11 is 0. The van der Waals surface area contributed by atoms with Gasteiger partial charge in [0.25, 0.3) is 0 Å². The minimum atomic E-state index is -0.612. The molecule has 1 aromatic heterocycles. The summed E-state index contributed by atoms with van der Waals surface area (Å²) in [7, 11) is 0. The number of hydrogen-bond acceptors (Lipinski definition) is 3. The molecular formula is C28H31N3O2. The predicted octanol–water partition coefficient (Wildman–Crippen LogP) is 4.28. The van der Waals surface area contributed by atoms with Gasteiger partial charge < -0.3 is 10.2 Å². The number of piperidine rings is 1. The second-order valence-corrected chi connectivity index (χ2v) is 8.83. The topological polar surface area (TPSA) is 62.3 Å². The third-order valence-corrected chi connectivity index (χ3v) is 6.46. The van der Waals surface area contributed by atoms with Gasteiger partial charge in [0.2, 0.25) is 11.8 Å². The smallest absolute Gasteiger partial charge is 0.228 e. The maximum atomic E-state index is 13.3. The number of nitrogens with zero attached hydrogens (tertiary/aromatic N) is 2. The molecule has 5 nitrogen and oxygen atoms in total. The Morgan fingerprint density at radius 2 is 1.64 bits per heavy atom. The molecule has 1 aliphatic rings. The van der Waals surface area contributed by atoms with Crippen molar-refractivity contribution in [2.24, 2.45) is 5.41 Å². The van der Waals surface area contributed by atoms with Crippen LogP contribution in [0, 0.1) is 5.41 Å². The number of carbonyl (C=O) groups is 2. The predicted molar refractivity (Wildman–Crippen MR) is 130 cm³/mol. The molecule has 1 N–H and O–H groups in total. The summed E-state index contributed by atoms with van der Waals surface area (Å²) in [5, 5.41) is 3.04. The Morgan fingerprint density at radius 3 is 2.33 bits per heavy atom. The average molecular weight is 442 g/mol. The number of hydrogen-bond donors (Lipinski definition) is 1. The fourth-order valence-electron chi connectivity index (χ4n) is 4.74. The van der Waals surface area contributed by atoms with E-state index in [4.69, 9.17) is 0 Å². The first kappa shape index (κ1) is 22.7. The highest BCUT2D eigenvalue weighted by molar-refractivity contribution is 5.85. The number of likely N-dealkylation sites (tertiary alicyclic amines) is 1. The van der Waals surface area contributed by atoms with E-state index >= 15 is 0 Å². The fraction of sp³-hybridized carbons (Fsp3) is 0.321. The first-order valence-corrected chi connectivity index (χ1v) is 11.7. The summed E-state index contributed by atoms with van der Waals surface area (Å²) in [5.41, 5.74) is 3.74. The number of carbonyl (C=O) groups excluding carboxylic acids is 2. The molecule has 5 heteroatoms. The maximum absolute atomic E-state index is 13.3. The van der Waals surface area contributed by atoms with Gasteiger partial charge in [0, 0.05) is 32.0 Å². The number of aromatic nitrogens is 1. The fourth-order valence-corrected chi connectivity index (χ4v) is 4.74. The zero-order chi connectivity index (χ0) is 23.1. The summed E-state index contributed by atoms with van der Waals surface area (Å²) in [5.74, 6) is 0.128. The lowest BCUT2D eigenvalue weighted by molar-refractivity contribution is -0.141. The van der Waals surface area contributed by atoms with E-state index in [0.717, 1.165) is 35.1 Å². The van der Waals surface area contributed by atoms with Gasteiger partial charge in [-0.2, -0.15) is 0 Å². The van der Waals surface area contributed by atoms with E-state index in [1.165, 1.54) is 0 Å². The van der Waals surface area contributed by atoms with Gasteiger partial charge in [-0.15, -0.1) is 0 Å². The maximum Gasteiger partial charge on any atom is 0.228 e. The van der Waals surface area contributed by atoms with E-state index in [0.29, 0.717) is 32.5 Å². The van der Waals surface area contributed by atoms with Gasteiger partial charge in [-0.1, -0.05) is 54.6 Å². The molecule has 0 aliphatic carbocycles. The molecule has 4 rings (SSSR count). The highest BCUT2D eigenvalue weighted by Gasteiger charge is 2.43. The molecule has 3 aromatic rings. The molecule has 33 heavy (non-hydrogen) atoms. The Kier molecular flexibility index (Phi) is 7.18. The van der Waals surface area contributed by atoms with Gasteiger partial charge in [-0.25, -0.2) is 0 Å². The van der Waals surface area contributed by atoms with E-state index in [1.807, 2.05) is 54.3 Å². The molecule has 1 atom stereocenters. The Hall–Kier alpha value is -3.47. The van der Waals surface area contributed by atoms with Crippen LogP contribution in [-0.4, -0.2) is 41.3 Å². The van der Waals surface area contributed by atoms with Gasteiger partial charge in [-0.05, 0) is 60.6 Å². The van der Waals surface area contributed by atoms with Gasteiger partial charge in [-0.3, -0.25) is 14.6 Å². The minimum Gasteiger partial charge on any atom is -0.356 e. The van der Waals surface area contributed by atoms with E-state index in [1.54, 1.807) is 12.4 Å². The Balaban J connectivity index is 1.53. The summed E-state index contributed by atoms with van der Waals surface area (Å²) in [6.07, 6.45) is 6.16. The Labute approximate surface area is 195 Å². The van der Waals surface area contributed by atoms with Gasteiger partial charge in [0.05, 0.1) is 11.8 Å². The highest BCUT2D eigenvalue weighted by Crippen LogP contribution is 2.35. The van der Waals surface area contributed by atoms with Crippen LogP contribution in [0.25, 0.3) is 11.1 Å². The third kappa shape index (κ3) is 5.48. The zero-order valence-corrected chi connectivity index (χ0v) is 19.2. The van der Waals surface area contributed by atoms with Crippen LogP contribution in [0.4, 0.5) is 0 Å². The monoisotopic (exact) mass is 441 g/mol. The van der Waals surface area contributed by atoms with E-state index in [9.17, 15) is 9.59 Å². The number of amides is 2. The molecule has 2 heterocycles. The summed E-state index contributed by atoms with van der Waals surface area (Å²) < 4.78 is 0. The lowest BCUT2D eigenvalue weighted by Crippen LogP contribution is -2.54. The van der Waals surface area contributed by atoms with Crippen LogP contribution in [0.15, 0.2) is 79.1 Å². The SMILES string of the molecule is CCNC(=O)[C@]1(Cc2ccc(-c3ccncc3)cc2)CCCN(C(=O)Cc2ccccc2)C1. The van der Waals surface area contributed by atoms with Gasteiger partial charge in [0.1, 0.15) is 0 Å². The van der Waals surface area contributed by atoms with Crippen molar-refractivity contribution in [3.63, 3.8) is 0 Å². The zero-order valence-electron chi connectivity index (χ0n) is 19.2. The van der Waals surface area contributed by atoms with Crippen LogP contribution in [-0.2, 0) is 22.4 Å². The van der Waals surface area contributed by atoms with Crippen molar-refractivity contribution in [3.8, 4) is 11.1 Å². The van der Waals surface area contributed by atoms with E-state index in [2.05, 4.69) is 34.6 Å². The highest BCUT2D eigenvalue weighted by atomic mass is 16.2. The van der Waals surface area contributed by atoms with E-state index in [-0.39, 0.29) is 11.8 Å². The van der Waals surface area contributed by atoms with Crippen molar-refractivity contribution in [1.82, 2.24) is 15.2 Å². The molecule has 2 aromatic carbocycles. The van der Waals surface area contributed by atoms with Crippen molar-refractivity contribution in [2.75, 3.05) is 19.6 Å². The molecule has 1 saturated heterocycles. The van der Waals surface area contributed by atoms with Crippen LogP contribution < -0.4 is 5.32 Å². The molecular weight excluding hydrogens is 410 g/mol. The summed E-state index contributed by atoms with van der Waals surface area (Å²) in [6.45, 7) is 3.68. The van der Waals surface area contributed by atoms with Crippen LogP contribution in [0.1, 0.15) is 30.9 Å². The molecule has 0 unspecified atom stereocenters. The molecule has 2 amide bonds. The summed E-state index contributed by atoms with van der Waals surface area (Å²) in [4.78, 5) is 32.3. The van der Waals surface area contributed by atoms with Crippen molar-refractivity contribution in [1.29, 1.82) is 0 Å². The van der Waals surface area contributed by atoms with Crippen LogP contribution in [0.3, 0.4) is 0 Å². The molecule has 0 spiro atoms. The number of pyridine rings is 1. The number of benzene rings is 2. The normalized spacial score (nSPS) is 18.0. The van der Waals surface area contributed by atoms with Crippen LogP contribution in [0.2, 0.25) is 0 Å². The van der Waals surface area contributed by atoms with Gasteiger partial charge >= 0.3 is 0 Å². The summed E-state index contributed by atoms with van der Waals surface area (Å²) in [6, 6.07) is 22.2.